The third-order valence-electron chi connectivity index (χ3n) is 6.14. The summed E-state index contributed by atoms with van der Waals surface area (Å²) in [5.74, 6) is -0.998. The minimum Gasteiger partial charge on any atom is -0.460 e. The Morgan fingerprint density at radius 1 is 1.08 bits per heavy atom. The molecule has 4 atom stereocenters. The standard InChI is InChI=1S/C28H30N2O6/c1-28(2,3)36-24(32)16-21(17-31)29-22(15-14-19-10-6-4-7-11-19)25(26(29)33)30-23(18-35-27(30)34)20-12-8-5-9-13-20/h4-15,17,21-23,25H,16,18H2,1-3H3/b15-14+. The zero-order chi connectivity index (χ0) is 25.9. The molecule has 0 aliphatic carbocycles. The predicted molar refractivity (Wildman–Crippen MR) is 133 cm³/mol. The summed E-state index contributed by atoms with van der Waals surface area (Å²) in [6.07, 6.45) is 3.35. The van der Waals surface area contributed by atoms with E-state index in [1.54, 1.807) is 26.8 Å². The van der Waals surface area contributed by atoms with Crippen molar-refractivity contribution >= 4 is 30.3 Å². The quantitative estimate of drug-likeness (QED) is 0.318. The number of aldehydes is 1. The van der Waals surface area contributed by atoms with E-state index < -0.39 is 47.7 Å². The number of β-lactam (4-membered cyclic amide) rings is 1. The Labute approximate surface area is 210 Å². The first-order valence-electron chi connectivity index (χ1n) is 11.9. The highest BCUT2D eigenvalue weighted by Gasteiger charge is 2.57. The first-order chi connectivity index (χ1) is 17.2. The van der Waals surface area contributed by atoms with E-state index in [2.05, 4.69) is 0 Å². The van der Waals surface area contributed by atoms with Crippen molar-refractivity contribution in [2.45, 2.75) is 57.0 Å². The van der Waals surface area contributed by atoms with Gasteiger partial charge in [0.25, 0.3) is 0 Å². The zero-order valence-corrected chi connectivity index (χ0v) is 20.6. The minimum atomic E-state index is -1.03. The molecule has 0 radical (unpaired) electrons. The average Bonchev–Trinajstić information content (AvgIpc) is 3.21. The van der Waals surface area contributed by atoms with Crippen LogP contribution < -0.4 is 0 Å². The first-order valence-corrected chi connectivity index (χ1v) is 11.9. The van der Waals surface area contributed by atoms with Crippen molar-refractivity contribution in [3.05, 3.63) is 77.9 Å². The van der Waals surface area contributed by atoms with Crippen LogP contribution in [0.15, 0.2) is 66.7 Å². The number of hydrogen-bond acceptors (Lipinski definition) is 6. The summed E-state index contributed by atoms with van der Waals surface area (Å²) in [5.41, 5.74) is 1.02. The number of cyclic esters (lactones) is 1. The van der Waals surface area contributed by atoms with Crippen LogP contribution in [0.2, 0.25) is 0 Å². The number of ether oxygens (including phenoxy) is 2. The highest BCUT2D eigenvalue weighted by Crippen LogP contribution is 2.38. The van der Waals surface area contributed by atoms with E-state index in [0.717, 1.165) is 11.1 Å². The molecule has 36 heavy (non-hydrogen) atoms. The Bertz CT molecular complexity index is 1140. The van der Waals surface area contributed by atoms with Crippen LogP contribution in [-0.2, 0) is 23.9 Å². The zero-order valence-electron chi connectivity index (χ0n) is 20.6. The number of esters is 1. The maximum atomic E-state index is 13.5. The Morgan fingerprint density at radius 3 is 2.33 bits per heavy atom. The van der Waals surface area contributed by atoms with Gasteiger partial charge in [-0.25, -0.2) is 4.79 Å². The van der Waals surface area contributed by atoms with E-state index in [-0.39, 0.29) is 13.0 Å². The third-order valence-corrected chi connectivity index (χ3v) is 6.14. The van der Waals surface area contributed by atoms with Crippen molar-refractivity contribution in [1.29, 1.82) is 0 Å². The second-order valence-corrected chi connectivity index (χ2v) is 9.86. The number of carbonyl (C=O) groups is 4. The summed E-state index contributed by atoms with van der Waals surface area (Å²) in [6.45, 7) is 5.33. The molecule has 2 saturated heterocycles. The van der Waals surface area contributed by atoms with Gasteiger partial charge in [-0.1, -0.05) is 72.8 Å². The fourth-order valence-electron chi connectivity index (χ4n) is 4.59. The van der Waals surface area contributed by atoms with E-state index >= 15 is 0 Å². The normalized spacial score (nSPS) is 22.8. The van der Waals surface area contributed by atoms with Gasteiger partial charge in [0.2, 0.25) is 5.91 Å². The highest BCUT2D eigenvalue weighted by atomic mass is 16.6. The predicted octanol–water partition coefficient (Wildman–Crippen LogP) is 3.77. The number of carbonyl (C=O) groups excluding carboxylic acids is 4. The largest absolute Gasteiger partial charge is 0.460 e. The van der Waals surface area contributed by atoms with Crippen LogP contribution in [0.5, 0.6) is 0 Å². The number of amides is 2. The molecule has 0 bridgehead atoms. The Balaban J connectivity index is 1.64. The molecule has 4 rings (SSSR count). The van der Waals surface area contributed by atoms with Crippen LogP contribution in [-0.4, -0.2) is 64.4 Å². The highest BCUT2D eigenvalue weighted by molar-refractivity contribution is 5.96. The van der Waals surface area contributed by atoms with Gasteiger partial charge < -0.3 is 19.2 Å². The second-order valence-electron chi connectivity index (χ2n) is 9.86. The van der Waals surface area contributed by atoms with Gasteiger partial charge in [0.1, 0.15) is 24.5 Å². The Morgan fingerprint density at radius 2 is 1.72 bits per heavy atom. The van der Waals surface area contributed by atoms with Crippen molar-refractivity contribution in [2.24, 2.45) is 0 Å². The summed E-state index contributed by atoms with van der Waals surface area (Å²) in [5, 5.41) is 0. The topological polar surface area (TPSA) is 93.2 Å². The van der Waals surface area contributed by atoms with E-state index in [9.17, 15) is 19.2 Å². The van der Waals surface area contributed by atoms with Gasteiger partial charge in [-0.15, -0.1) is 0 Å². The third kappa shape index (κ3) is 5.32. The maximum Gasteiger partial charge on any atom is 0.411 e. The molecule has 4 unspecified atom stereocenters. The number of likely N-dealkylation sites (tertiary alicyclic amines) is 1. The molecule has 8 heteroatoms. The van der Waals surface area contributed by atoms with Crippen LogP contribution >= 0.6 is 0 Å². The fraction of sp³-hybridized carbons (Fsp3) is 0.357. The lowest BCUT2D eigenvalue weighted by Gasteiger charge is -2.51. The molecular formula is C28H30N2O6. The monoisotopic (exact) mass is 490 g/mol. The van der Waals surface area contributed by atoms with Crippen molar-refractivity contribution in [3.8, 4) is 0 Å². The smallest absolute Gasteiger partial charge is 0.411 e. The lowest BCUT2D eigenvalue weighted by Crippen LogP contribution is -2.73. The molecule has 2 amide bonds. The molecule has 2 aliphatic heterocycles. The second kappa shape index (κ2) is 10.4. The average molecular weight is 491 g/mol. The van der Waals surface area contributed by atoms with Gasteiger partial charge in [0, 0.05) is 0 Å². The first kappa shape index (κ1) is 25.2. The van der Waals surface area contributed by atoms with Crippen molar-refractivity contribution in [3.63, 3.8) is 0 Å². The van der Waals surface area contributed by atoms with Crippen LogP contribution in [0.1, 0.15) is 44.4 Å². The van der Waals surface area contributed by atoms with Gasteiger partial charge in [0.05, 0.1) is 24.5 Å². The van der Waals surface area contributed by atoms with Crippen LogP contribution in [0, 0.1) is 0 Å². The number of hydrogen-bond donors (Lipinski definition) is 0. The van der Waals surface area contributed by atoms with Gasteiger partial charge >= 0.3 is 12.1 Å². The Hall–Kier alpha value is -3.94. The molecule has 2 fully saturated rings. The molecule has 2 aromatic carbocycles. The molecule has 8 nitrogen and oxygen atoms in total. The van der Waals surface area contributed by atoms with Crippen molar-refractivity contribution < 1.29 is 28.7 Å². The summed E-state index contributed by atoms with van der Waals surface area (Å²) >= 11 is 0. The fourth-order valence-corrected chi connectivity index (χ4v) is 4.59. The van der Waals surface area contributed by atoms with Gasteiger partial charge in [-0.05, 0) is 31.9 Å². The van der Waals surface area contributed by atoms with Crippen molar-refractivity contribution in [1.82, 2.24) is 9.80 Å². The molecule has 2 aliphatic rings. The maximum absolute atomic E-state index is 13.5. The molecule has 0 saturated carbocycles. The molecule has 0 aromatic heterocycles. The SMILES string of the molecule is CC(C)(C)OC(=O)CC(C=O)N1C(=O)C(N2C(=O)OCC2c2ccccc2)C1/C=C/c1ccccc1. The van der Waals surface area contributed by atoms with E-state index in [1.165, 1.54) is 9.80 Å². The summed E-state index contributed by atoms with van der Waals surface area (Å²) < 4.78 is 10.7. The lowest BCUT2D eigenvalue weighted by molar-refractivity contribution is -0.166. The summed E-state index contributed by atoms with van der Waals surface area (Å²) in [7, 11) is 0. The molecule has 0 N–H and O–H groups in total. The summed E-state index contributed by atoms with van der Waals surface area (Å²) in [6, 6.07) is 15.9. The molecule has 0 spiro atoms. The summed E-state index contributed by atoms with van der Waals surface area (Å²) in [4.78, 5) is 53.6. The van der Waals surface area contributed by atoms with Crippen LogP contribution in [0.3, 0.4) is 0 Å². The number of rotatable bonds is 8. The van der Waals surface area contributed by atoms with Crippen LogP contribution in [0.25, 0.3) is 6.08 Å². The Kier molecular flexibility index (Phi) is 7.24. The van der Waals surface area contributed by atoms with Crippen LogP contribution in [0.4, 0.5) is 4.79 Å². The van der Waals surface area contributed by atoms with Gasteiger partial charge in [-0.2, -0.15) is 0 Å². The molecule has 188 valence electrons. The molecule has 2 heterocycles. The van der Waals surface area contributed by atoms with E-state index in [0.29, 0.717) is 6.29 Å². The lowest BCUT2D eigenvalue weighted by atomic mass is 9.88. The minimum absolute atomic E-state index is 0.122. The van der Waals surface area contributed by atoms with Crippen molar-refractivity contribution in [2.75, 3.05) is 6.61 Å². The molecule has 2 aromatic rings. The van der Waals surface area contributed by atoms with E-state index in [4.69, 9.17) is 9.47 Å². The van der Waals surface area contributed by atoms with E-state index in [1.807, 2.05) is 66.7 Å². The van der Waals surface area contributed by atoms with Gasteiger partial charge in [0.15, 0.2) is 0 Å². The molecular weight excluding hydrogens is 460 g/mol. The van der Waals surface area contributed by atoms with Gasteiger partial charge in [-0.3, -0.25) is 14.5 Å². The number of nitrogens with zero attached hydrogens (tertiary/aromatic N) is 2. The number of benzene rings is 2.